The first-order chi connectivity index (χ1) is 9.31. The molecule has 0 aliphatic rings. The topological polar surface area (TPSA) is 72.1 Å². The second-order valence-corrected chi connectivity index (χ2v) is 4.13. The Morgan fingerprint density at radius 1 is 1.16 bits per heavy atom. The number of rotatable bonds is 5. The standard InChI is InChI=1S/C14H16N4O/c15-6-7-18(10-12-4-2-1-3-5-12)14(19)13-8-16-11-17-9-13/h1-5,8-9,11H,6-7,10,15H2. The highest BCUT2D eigenvalue weighted by Crippen LogP contribution is 2.08. The minimum Gasteiger partial charge on any atom is -0.333 e. The van der Waals surface area contributed by atoms with Gasteiger partial charge in [-0.25, -0.2) is 9.97 Å². The summed E-state index contributed by atoms with van der Waals surface area (Å²) in [5, 5.41) is 0. The zero-order chi connectivity index (χ0) is 13.5. The Labute approximate surface area is 112 Å². The van der Waals surface area contributed by atoms with Crippen LogP contribution in [0.3, 0.4) is 0 Å². The summed E-state index contributed by atoms with van der Waals surface area (Å²) in [7, 11) is 0. The summed E-state index contributed by atoms with van der Waals surface area (Å²) < 4.78 is 0. The lowest BCUT2D eigenvalue weighted by Crippen LogP contribution is -2.35. The molecule has 98 valence electrons. The van der Waals surface area contributed by atoms with Crippen molar-refractivity contribution in [2.75, 3.05) is 13.1 Å². The van der Waals surface area contributed by atoms with E-state index in [9.17, 15) is 4.79 Å². The fraction of sp³-hybridized carbons (Fsp3) is 0.214. The van der Waals surface area contributed by atoms with Gasteiger partial charge < -0.3 is 10.6 Å². The molecule has 5 nitrogen and oxygen atoms in total. The Hall–Kier alpha value is -2.27. The quantitative estimate of drug-likeness (QED) is 0.868. The molecule has 0 spiro atoms. The van der Waals surface area contributed by atoms with Gasteiger partial charge in [-0.2, -0.15) is 0 Å². The van der Waals surface area contributed by atoms with E-state index in [0.29, 0.717) is 25.2 Å². The van der Waals surface area contributed by atoms with Gasteiger partial charge in [0.1, 0.15) is 6.33 Å². The van der Waals surface area contributed by atoms with E-state index in [1.165, 1.54) is 18.7 Å². The van der Waals surface area contributed by atoms with Crippen molar-refractivity contribution in [3.8, 4) is 0 Å². The molecule has 0 saturated heterocycles. The van der Waals surface area contributed by atoms with Crippen LogP contribution in [0.15, 0.2) is 49.1 Å². The molecule has 1 heterocycles. The van der Waals surface area contributed by atoms with Crippen molar-refractivity contribution in [1.82, 2.24) is 14.9 Å². The van der Waals surface area contributed by atoms with Crippen LogP contribution in [-0.4, -0.2) is 33.9 Å². The fourth-order valence-corrected chi connectivity index (χ4v) is 1.80. The first-order valence-corrected chi connectivity index (χ1v) is 6.09. The van der Waals surface area contributed by atoms with E-state index in [0.717, 1.165) is 5.56 Å². The number of nitrogens with zero attached hydrogens (tertiary/aromatic N) is 3. The highest BCUT2D eigenvalue weighted by atomic mass is 16.2. The summed E-state index contributed by atoms with van der Waals surface area (Å²) in [6.45, 7) is 1.46. The van der Waals surface area contributed by atoms with Gasteiger partial charge in [0.15, 0.2) is 0 Å². The molecule has 2 aromatic rings. The molecule has 0 radical (unpaired) electrons. The van der Waals surface area contributed by atoms with Gasteiger partial charge in [0, 0.05) is 32.0 Å². The average molecular weight is 256 g/mol. The lowest BCUT2D eigenvalue weighted by molar-refractivity contribution is 0.0747. The van der Waals surface area contributed by atoms with Gasteiger partial charge in [-0.15, -0.1) is 0 Å². The maximum Gasteiger partial charge on any atom is 0.257 e. The van der Waals surface area contributed by atoms with Crippen LogP contribution in [0.4, 0.5) is 0 Å². The summed E-state index contributed by atoms with van der Waals surface area (Å²) >= 11 is 0. The number of carbonyl (C=O) groups excluding carboxylic acids is 1. The number of benzene rings is 1. The van der Waals surface area contributed by atoms with Crippen molar-refractivity contribution in [2.45, 2.75) is 6.54 Å². The average Bonchev–Trinajstić information content (AvgIpc) is 2.48. The molecule has 1 aromatic carbocycles. The molecule has 1 aromatic heterocycles. The Kier molecular flexibility index (Phi) is 4.58. The van der Waals surface area contributed by atoms with Crippen LogP contribution < -0.4 is 5.73 Å². The first kappa shape index (κ1) is 13.2. The van der Waals surface area contributed by atoms with E-state index in [1.54, 1.807) is 4.90 Å². The largest absolute Gasteiger partial charge is 0.333 e. The molecule has 0 bridgehead atoms. The third-order valence-corrected chi connectivity index (χ3v) is 2.71. The molecular weight excluding hydrogens is 240 g/mol. The molecule has 0 saturated carbocycles. The lowest BCUT2D eigenvalue weighted by Gasteiger charge is -2.21. The number of hydrogen-bond acceptors (Lipinski definition) is 4. The fourth-order valence-electron chi connectivity index (χ4n) is 1.80. The third-order valence-electron chi connectivity index (χ3n) is 2.71. The van der Waals surface area contributed by atoms with Crippen LogP contribution in [0.5, 0.6) is 0 Å². The predicted octanol–water partition coefficient (Wildman–Crippen LogP) is 1.08. The number of carbonyl (C=O) groups is 1. The molecule has 1 amide bonds. The molecule has 19 heavy (non-hydrogen) atoms. The van der Waals surface area contributed by atoms with E-state index in [-0.39, 0.29) is 5.91 Å². The van der Waals surface area contributed by atoms with Gasteiger partial charge in [0.05, 0.1) is 5.56 Å². The van der Waals surface area contributed by atoms with Crippen LogP contribution in [0.2, 0.25) is 0 Å². The lowest BCUT2D eigenvalue weighted by atomic mass is 10.2. The van der Waals surface area contributed by atoms with E-state index in [2.05, 4.69) is 9.97 Å². The van der Waals surface area contributed by atoms with Crippen molar-refractivity contribution in [3.05, 3.63) is 60.2 Å². The van der Waals surface area contributed by atoms with Crippen molar-refractivity contribution in [2.24, 2.45) is 5.73 Å². The van der Waals surface area contributed by atoms with Crippen LogP contribution in [0.25, 0.3) is 0 Å². The number of amides is 1. The monoisotopic (exact) mass is 256 g/mol. The second kappa shape index (κ2) is 6.61. The van der Waals surface area contributed by atoms with Crippen molar-refractivity contribution in [3.63, 3.8) is 0 Å². The zero-order valence-electron chi connectivity index (χ0n) is 10.6. The number of aromatic nitrogens is 2. The van der Waals surface area contributed by atoms with Gasteiger partial charge in [0.25, 0.3) is 5.91 Å². The van der Waals surface area contributed by atoms with E-state index in [4.69, 9.17) is 5.73 Å². The molecule has 2 rings (SSSR count). The van der Waals surface area contributed by atoms with Gasteiger partial charge in [-0.3, -0.25) is 4.79 Å². The second-order valence-electron chi connectivity index (χ2n) is 4.13. The molecule has 0 aliphatic heterocycles. The van der Waals surface area contributed by atoms with Gasteiger partial charge in [-0.1, -0.05) is 30.3 Å². The summed E-state index contributed by atoms with van der Waals surface area (Å²) in [6, 6.07) is 9.82. The summed E-state index contributed by atoms with van der Waals surface area (Å²) in [4.78, 5) is 21.8. The maximum absolute atomic E-state index is 12.3. The number of hydrogen-bond donors (Lipinski definition) is 1. The Balaban J connectivity index is 2.14. The highest BCUT2D eigenvalue weighted by Gasteiger charge is 2.15. The summed E-state index contributed by atoms with van der Waals surface area (Å²) in [5.74, 6) is -0.102. The van der Waals surface area contributed by atoms with Crippen molar-refractivity contribution >= 4 is 5.91 Å². The normalized spacial score (nSPS) is 10.2. The smallest absolute Gasteiger partial charge is 0.257 e. The van der Waals surface area contributed by atoms with Crippen LogP contribution in [0.1, 0.15) is 15.9 Å². The van der Waals surface area contributed by atoms with E-state index in [1.807, 2.05) is 30.3 Å². The predicted molar refractivity (Wildman–Crippen MR) is 72.3 cm³/mol. The molecule has 0 atom stereocenters. The zero-order valence-corrected chi connectivity index (χ0v) is 10.6. The minimum absolute atomic E-state index is 0.102. The van der Waals surface area contributed by atoms with Gasteiger partial charge in [-0.05, 0) is 5.56 Å². The number of nitrogens with two attached hydrogens (primary N) is 1. The first-order valence-electron chi connectivity index (χ1n) is 6.09. The van der Waals surface area contributed by atoms with Crippen LogP contribution in [0, 0.1) is 0 Å². The SMILES string of the molecule is NCCN(Cc1ccccc1)C(=O)c1cncnc1. The Morgan fingerprint density at radius 2 is 1.84 bits per heavy atom. The van der Waals surface area contributed by atoms with Crippen molar-refractivity contribution in [1.29, 1.82) is 0 Å². The van der Waals surface area contributed by atoms with E-state index < -0.39 is 0 Å². The van der Waals surface area contributed by atoms with Crippen LogP contribution >= 0.6 is 0 Å². The molecule has 0 fully saturated rings. The third kappa shape index (κ3) is 3.59. The van der Waals surface area contributed by atoms with Crippen molar-refractivity contribution < 1.29 is 4.79 Å². The minimum atomic E-state index is -0.102. The van der Waals surface area contributed by atoms with Gasteiger partial charge >= 0.3 is 0 Å². The molecule has 0 aliphatic carbocycles. The molecular formula is C14H16N4O. The highest BCUT2D eigenvalue weighted by molar-refractivity contribution is 5.93. The molecule has 2 N–H and O–H groups in total. The summed E-state index contributed by atoms with van der Waals surface area (Å²) in [6.07, 6.45) is 4.44. The maximum atomic E-state index is 12.3. The summed E-state index contributed by atoms with van der Waals surface area (Å²) in [5.41, 5.74) is 7.12. The Bertz CT molecular complexity index is 515. The van der Waals surface area contributed by atoms with Gasteiger partial charge in [0.2, 0.25) is 0 Å². The molecule has 0 unspecified atom stereocenters. The Morgan fingerprint density at radius 3 is 2.47 bits per heavy atom. The van der Waals surface area contributed by atoms with Crippen LogP contribution in [-0.2, 0) is 6.54 Å². The van der Waals surface area contributed by atoms with E-state index >= 15 is 0 Å². The molecule has 5 heteroatoms.